The number of thiophene rings is 1. The Balaban J connectivity index is 2.33. The van der Waals surface area contributed by atoms with Crippen LogP contribution < -0.4 is 0 Å². The van der Waals surface area contributed by atoms with Gasteiger partial charge in [-0.1, -0.05) is 11.6 Å². The smallest absolute Gasteiger partial charge is 0.287 e. The lowest BCUT2D eigenvalue weighted by molar-refractivity contribution is -0.137. The van der Waals surface area contributed by atoms with Crippen molar-refractivity contribution in [3.8, 4) is 0 Å². The van der Waals surface area contributed by atoms with Crippen molar-refractivity contribution in [2.45, 2.75) is 6.18 Å². The fourth-order valence-electron chi connectivity index (χ4n) is 1.08. The Morgan fingerprint density at radius 3 is 2.59 bits per heavy atom. The summed E-state index contributed by atoms with van der Waals surface area (Å²) in [5, 5.41) is 0.803. The second kappa shape index (κ2) is 4.40. The van der Waals surface area contributed by atoms with Crippen molar-refractivity contribution in [3.63, 3.8) is 0 Å². The average molecular weight is 298 g/mol. The number of aromatic nitrogens is 1. The number of carbonyl (C=O) groups is 1. The van der Waals surface area contributed by atoms with Gasteiger partial charge in [-0.25, -0.2) is 4.98 Å². The molecule has 8 heteroatoms. The zero-order chi connectivity index (χ0) is 12.6. The molecule has 2 aromatic heterocycles. The maximum Gasteiger partial charge on any atom is 0.443 e. The van der Waals surface area contributed by atoms with E-state index in [0.717, 1.165) is 17.5 Å². The first-order valence-electron chi connectivity index (χ1n) is 4.20. The minimum Gasteiger partial charge on any atom is -0.287 e. The summed E-state index contributed by atoms with van der Waals surface area (Å²) in [6, 6.07) is 1.52. The topological polar surface area (TPSA) is 30.0 Å². The highest BCUT2D eigenvalue weighted by Crippen LogP contribution is 2.34. The Bertz CT molecular complexity index is 561. The third kappa shape index (κ3) is 2.51. The number of nitrogens with zero attached hydrogens (tertiary/aromatic N) is 1. The lowest BCUT2D eigenvalue weighted by Crippen LogP contribution is -2.03. The van der Waals surface area contributed by atoms with Crippen LogP contribution in [0.1, 0.15) is 19.6 Å². The molecule has 2 nitrogen and oxygen atoms in total. The molecule has 0 atom stereocenters. The fourth-order valence-corrected chi connectivity index (χ4v) is 2.97. The molecule has 0 unspecified atom stereocenters. The Morgan fingerprint density at radius 1 is 1.41 bits per heavy atom. The molecule has 0 radical (unpaired) electrons. The predicted octanol–water partition coefficient (Wildman–Crippen LogP) is 4.11. The number of thiazole rings is 1. The molecule has 17 heavy (non-hydrogen) atoms. The van der Waals surface area contributed by atoms with Gasteiger partial charge in [0.25, 0.3) is 0 Å². The van der Waals surface area contributed by atoms with E-state index in [4.69, 9.17) is 11.6 Å². The first-order chi connectivity index (χ1) is 7.89. The number of hydrogen-bond donors (Lipinski definition) is 0. The summed E-state index contributed by atoms with van der Waals surface area (Å²) in [6.45, 7) is 0. The molecule has 0 aromatic carbocycles. The van der Waals surface area contributed by atoms with Gasteiger partial charge in [-0.3, -0.25) is 4.79 Å². The van der Waals surface area contributed by atoms with Gasteiger partial charge >= 0.3 is 6.18 Å². The first-order valence-corrected chi connectivity index (χ1v) is 6.27. The maximum absolute atomic E-state index is 12.3. The van der Waals surface area contributed by atoms with Crippen LogP contribution in [0, 0.1) is 0 Å². The van der Waals surface area contributed by atoms with Gasteiger partial charge in [0.05, 0.1) is 14.8 Å². The summed E-state index contributed by atoms with van der Waals surface area (Å²) in [5.41, 5.74) is 0. The molecule has 0 fully saturated rings. The Labute approximate surface area is 107 Å². The predicted molar refractivity (Wildman–Crippen MR) is 59.9 cm³/mol. The molecule has 0 saturated carbocycles. The summed E-state index contributed by atoms with van der Waals surface area (Å²) in [5.74, 6) is -0.530. The van der Waals surface area contributed by atoms with E-state index in [1.807, 2.05) is 0 Å². The summed E-state index contributed by atoms with van der Waals surface area (Å²) in [6.07, 6.45) is -3.60. The number of halogens is 4. The van der Waals surface area contributed by atoms with E-state index >= 15 is 0 Å². The average Bonchev–Trinajstić information content (AvgIpc) is 2.83. The molecule has 2 aromatic rings. The number of ketones is 1. The molecule has 2 heterocycles. The highest BCUT2D eigenvalue weighted by atomic mass is 35.5. The van der Waals surface area contributed by atoms with Crippen LogP contribution in [0.25, 0.3) is 0 Å². The molecule has 0 aliphatic carbocycles. The normalized spacial score (nSPS) is 11.8. The molecule has 0 amide bonds. The van der Waals surface area contributed by atoms with Crippen LogP contribution in [-0.4, -0.2) is 10.8 Å². The molecular formula is C9H3ClF3NOS2. The van der Waals surface area contributed by atoms with Crippen molar-refractivity contribution >= 4 is 40.1 Å². The van der Waals surface area contributed by atoms with Gasteiger partial charge in [0.1, 0.15) is 0 Å². The molecule has 90 valence electrons. The van der Waals surface area contributed by atoms with Crippen molar-refractivity contribution < 1.29 is 18.0 Å². The van der Waals surface area contributed by atoms with Gasteiger partial charge in [-0.05, 0) is 11.4 Å². The standard InChI is InChI=1S/C9H3ClF3NOS2/c10-4-1-2-16-7(4)6(15)5-3-14-8(17-5)9(11,12)13/h1-3H. The zero-order valence-electron chi connectivity index (χ0n) is 7.92. The molecule has 0 spiro atoms. The van der Waals surface area contributed by atoms with Crippen molar-refractivity contribution in [1.29, 1.82) is 0 Å². The molecule has 0 aliphatic heterocycles. The summed E-state index contributed by atoms with van der Waals surface area (Å²) in [4.78, 5) is 15.1. The van der Waals surface area contributed by atoms with E-state index in [-0.39, 0.29) is 14.8 Å². The number of carbonyl (C=O) groups excluding carboxylic acids is 1. The van der Waals surface area contributed by atoms with Crippen LogP contribution >= 0.6 is 34.3 Å². The first kappa shape index (κ1) is 12.5. The Hall–Kier alpha value is -0.920. The van der Waals surface area contributed by atoms with Crippen LogP contribution in [0.3, 0.4) is 0 Å². The number of hydrogen-bond acceptors (Lipinski definition) is 4. The molecule has 0 saturated heterocycles. The van der Waals surface area contributed by atoms with Gasteiger partial charge in [-0.15, -0.1) is 22.7 Å². The lowest BCUT2D eigenvalue weighted by atomic mass is 10.3. The maximum atomic E-state index is 12.3. The van der Waals surface area contributed by atoms with E-state index in [0.29, 0.717) is 11.3 Å². The monoisotopic (exact) mass is 297 g/mol. The van der Waals surface area contributed by atoms with Crippen LogP contribution in [0.15, 0.2) is 17.6 Å². The van der Waals surface area contributed by atoms with Gasteiger partial charge in [0.15, 0.2) is 5.01 Å². The van der Waals surface area contributed by atoms with Crippen molar-refractivity contribution in [3.05, 3.63) is 37.4 Å². The summed E-state index contributed by atoms with van der Waals surface area (Å²) in [7, 11) is 0. The minimum absolute atomic E-state index is 0.0679. The van der Waals surface area contributed by atoms with Crippen molar-refractivity contribution in [2.24, 2.45) is 0 Å². The third-order valence-corrected chi connectivity index (χ3v) is 4.18. The van der Waals surface area contributed by atoms with Gasteiger partial charge in [-0.2, -0.15) is 13.2 Å². The molecule has 2 rings (SSSR count). The molecule has 0 bridgehead atoms. The van der Waals surface area contributed by atoms with Crippen LogP contribution in [0.2, 0.25) is 5.02 Å². The third-order valence-electron chi connectivity index (χ3n) is 1.80. The molecular weight excluding hydrogens is 295 g/mol. The lowest BCUT2D eigenvalue weighted by Gasteiger charge is -1.98. The van der Waals surface area contributed by atoms with Crippen LogP contribution in [0.4, 0.5) is 13.2 Å². The summed E-state index contributed by atoms with van der Waals surface area (Å²) < 4.78 is 36.9. The minimum atomic E-state index is -4.53. The van der Waals surface area contributed by atoms with Crippen molar-refractivity contribution in [1.82, 2.24) is 4.98 Å². The quantitative estimate of drug-likeness (QED) is 0.781. The Kier molecular flexibility index (Phi) is 3.24. The second-order valence-electron chi connectivity index (χ2n) is 2.95. The number of rotatable bonds is 2. The van der Waals surface area contributed by atoms with Gasteiger partial charge in [0, 0.05) is 6.20 Å². The van der Waals surface area contributed by atoms with Gasteiger partial charge < -0.3 is 0 Å². The van der Waals surface area contributed by atoms with E-state index in [1.54, 1.807) is 5.38 Å². The van der Waals surface area contributed by atoms with E-state index in [2.05, 4.69) is 4.98 Å². The summed E-state index contributed by atoms with van der Waals surface area (Å²) >= 11 is 7.14. The van der Waals surface area contributed by atoms with E-state index in [9.17, 15) is 18.0 Å². The van der Waals surface area contributed by atoms with Gasteiger partial charge in [0.2, 0.25) is 5.78 Å². The van der Waals surface area contributed by atoms with E-state index in [1.165, 1.54) is 6.07 Å². The highest BCUT2D eigenvalue weighted by molar-refractivity contribution is 7.17. The second-order valence-corrected chi connectivity index (χ2v) is 5.31. The van der Waals surface area contributed by atoms with Crippen LogP contribution in [0.5, 0.6) is 0 Å². The van der Waals surface area contributed by atoms with E-state index < -0.39 is 17.0 Å². The molecule has 0 aliphatic rings. The highest BCUT2D eigenvalue weighted by Gasteiger charge is 2.35. The fraction of sp³-hybridized carbons (Fsp3) is 0.111. The zero-order valence-corrected chi connectivity index (χ0v) is 10.3. The molecule has 0 N–H and O–H groups in total. The van der Waals surface area contributed by atoms with Crippen LogP contribution in [-0.2, 0) is 6.18 Å². The SMILES string of the molecule is O=C(c1cnc(C(F)(F)F)s1)c1sccc1Cl. The number of alkyl halides is 3. The Morgan fingerprint density at radius 2 is 2.12 bits per heavy atom. The van der Waals surface area contributed by atoms with Crippen molar-refractivity contribution in [2.75, 3.05) is 0 Å². The largest absolute Gasteiger partial charge is 0.443 e.